The minimum absolute atomic E-state index is 0.00716. The Morgan fingerprint density at radius 2 is 2.10 bits per heavy atom. The molecule has 0 saturated carbocycles. The largest absolute Gasteiger partial charge is 0.326 e. The topological polar surface area (TPSA) is 72.7 Å². The lowest BCUT2D eigenvalue weighted by atomic mass is 10.3. The summed E-state index contributed by atoms with van der Waals surface area (Å²) >= 11 is 1.49. The Morgan fingerprint density at radius 3 is 2.80 bits per heavy atom. The number of para-hydroxylation sites is 1. The van der Waals surface area contributed by atoms with Gasteiger partial charge in [-0.15, -0.1) is 5.10 Å². The second-order valence-corrected chi connectivity index (χ2v) is 5.57. The number of aromatic nitrogens is 4. The minimum Gasteiger partial charge on any atom is -0.326 e. The molecule has 0 aliphatic rings. The fraction of sp³-hybridized carbons (Fsp3) is 0.385. The van der Waals surface area contributed by atoms with E-state index in [0.29, 0.717) is 12.2 Å². The molecular formula is C13H17N5OS. The molecule has 0 bridgehead atoms. The van der Waals surface area contributed by atoms with Crippen LogP contribution in [0.15, 0.2) is 35.5 Å². The number of rotatable bonds is 6. The maximum absolute atomic E-state index is 11.8. The van der Waals surface area contributed by atoms with Crippen molar-refractivity contribution in [2.24, 2.45) is 0 Å². The lowest BCUT2D eigenvalue weighted by Gasteiger charge is -2.07. The molecule has 1 amide bonds. The fourth-order valence-corrected chi connectivity index (χ4v) is 2.53. The summed E-state index contributed by atoms with van der Waals surface area (Å²) < 4.78 is 1.75. The van der Waals surface area contributed by atoms with Gasteiger partial charge in [-0.2, -0.15) is 0 Å². The maximum atomic E-state index is 11.8. The third kappa shape index (κ3) is 4.06. The summed E-state index contributed by atoms with van der Waals surface area (Å²) in [4.78, 5) is 11.8. The molecule has 1 N–H and O–H groups in total. The van der Waals surface area contributed by atoms with Gasteiger partial charge in [-0.25, -0.2) is 4.68 Å². The van der Waals surface area contributed by atoms with Crippen LogP contribution in [0.1, 0.15) is 26.3 Å². The van der Waals surface area contributed by atoms with Crippen LogP contribution in [-0.2, 0) is 4.79 Å². The fourth-order valence-electron chi connectivity index (χ4n) is 1.58. The van der Waals surface area contributed by atoms with Crippen molar-refractivity contribution < 1.29 is 4.79 Å². The van der Waals surface area contributed by atoms with Crippen LogP contribution >= 0.6 is 11.8 Å². The van der Waals surface area contributed by atoms with Gasteiger partial charge in [-0.05, 0) is 36.4 Å². The standard InChI is InChI=1S/C13H17N5OS/c1-10(2)18-13(15-16-17-18)20-9-8-12(19)14-11-6-4-3-5-7-11/h3-7,10H,8-9H2,1-2H3,(H,14,19). The van der Waals surface area contributed by atoms with Gasteiger partial charge in [0, 0.05) is 17.9 Å². The molecule has 2 rings (SSSR count). The van der Waals surface area contributed by atoms with E-state index in [1.165, 1.54) is 11.8 Å². The van der Waals surface area contributed by atoms with Crippen molar-refractivity contribution in [2.45, 2.75) is 31.5 Å². The van der Waals surface area contributed by atoms with Crippen molar-refractivity contribution >= 4 is 23.4 Å². The molecule has 0 saturated heterocycles. The number of hydrogen-bond donors (Lipinski definition) is 1. The summed E-state index contributed by atoms with van der Waals surface area (Å²) in [6.45, 7) is 4.03. The smallest absolute Gasteiger partial charge is 0.225 e. The molecule has 0 aliphatic heterocycles. The highest BCUT2D eigenvalue weighted by Crippen LogP contribution is 2.18. The van der Waals surface area contributed by atoms with Gasteiger partial charge in [-0.3, -0.25) is 4.79 Å². The van der Waals surface area contributed by atoms with E-state index in [9.17, 15) is 4.79 Å². The van der Waals surface area contributed by atoms with Crippen molar-refractivity contribution in [3.63, 3.8) is 0 Å². The predicted octanol–water partition coefficient (Wildman–Crippen LogP) is 2.37. The lowest BCUT2D eigenvalue weighted by molar-refractivity contribution is -0.115. The first-order chi connectivity index (χ1) is 9.66. The molecule has 0 unspecified atom stereocenters. The molecule has 0 fully saturated rings. The van der Waals surface area contributed by atoms with Crippen LogP contribution in [0.4, 0.5) is 5.69 Å². The number of tetrazole rings is 1. The van der Waals surface area contributed by atoms with Gasteiger partial charge in [0.25, 0.3) is 0 Å². The molecule has 1 heterocycles. The summed E-state index contributed by atoms with van der Waals surface area (Å²) in [5.41, 5.74) is 0.814. The highest BCUT2D eigenvalue weighted by molar-refractivity contribution is 7.99. The zero-order valence-electron chi connectivity index (χ0n) is 11.5. The molecule has 1 aromatic heterocycles. The van der Waals surface area contributed by atoms with E-state index in [1.54, 1.807) is 4.68 Å². The van der Waals surface area contributed by atoms with E-state index in [2.05, 4.69) is 20.8 Å². The number of benzene rings is 1. The summed E-state index contributed by atoms with van der Waals surface area (Å²) in [6, 6.07) is 9.64. The molecule has 7 heteroatoms. The molecule has 0 aliphatic carbocycles. The second kappa shape index (κ2) is 7.04. The maximum Gasteiger partial charge on any atom is 0.225 e. The molecule has 0 radical (unpaired) electrons. The summed E-state index contributed by atoms with van der Waals surface area (Å²) in [5.74, 6) is 0.637. The van der Waals surface area contributed by atoms with E-state index in [4.69, 9.17) is 0 Å². The third-order valence-corrected chi connectivity index (χ3v) is 3.50. The Kier molecular flexibility index (Phi) is 5.11. The Bertz CT molecular complexity index is 555. The van der Waals surface area contributed by atoms with Gasteiger partial charge in [-0.1, -0.05) is 30.0 Å². The molecule has 6 nitrogen and oxygen atoms in total. The summed E-state index contributed by atoms with van der Waals surface area (Å²) in [6.07, 6.45) is 0.421. The number of carbonyl (C=O) groups is 1. The Labute approximate surface area is 121 Å². The van der Waals surface area contributed by atoms with Crippen LogP contribution in [-0.4, -0.2) is 31.9 Å². The quantitative estimate of drug-likeness (QED) is 0.827. The second-order valence-electron chi connectivity index (χ2n) is 4.51. The third-order valence-electron chi connectivity index (χ3n) is 2.57. The first-order valence-electron chi connectivity index (χ1n) is 6.42. The van der Waals surface area contributed by atoms with Gasteiger partial charge >= 0.3 is 0 Å². The molecule has 1 aromatic carbocycles. The van der Waals surface area contributed by atoms with Gasteiger partial charge in [0.15, 0.2) is 0 Å². The van der Waals surface area contributed by atoms with Crippen LogP contribution in [0.5, 0.6) is 0 Å². The molecule has 0 atom stereocenters. The van der Waals surface area contributed by atoms with Crippen molar-refractivity contribution in [1.29, 1.82) is 0 Å². The van der Waals surface area contributed by atoms with Crippen LogP contribution in [0.25, 0.3) is 0 Å². The lowest BCUT2D eigenvalue weighted by Crippen LogP contribution is -2.12. The molecule has 2 aromatic rings. The molecule has 106 valence electrons. The average Bonchev–Trinajstić information content (AvgIpc) is 2.88. The van der Waals surface area contributed by atoms with Gasteiger partial charge in [0.05, 0.1) is 6.04 Å². The van der Waals surface area contributed by atoms with E-state index in [0.717, 1.165) is 10.8 Å². The number of nitrogens with zero attached hydrogens (tertiary/aromatic N) is 4. The zero-order chi connectivity index (χ0) is 14.4. The van der Waals surface area contributed by atoms with Crippen LogP contribution in [0, 0.1) is 0 Å². The van der Waals surface area contributed by atoms with E-state index >= 15 is 0 Å². The minimum atomic E-state index is -0.00716. The number of hydrogen-bond acceptors (Lipinski definition) is 5. The highest BCUT2D eigenvalue weighted by atomic mass is 32.2. The number of amides is 1. The van der Waals surface area contributed by atoms with Gasteiger partial charge < -0.3 is 5.32 Å². The Balaban J connectivity index is 1.78. The van der Waals surface area contributed by atoms with Crippen molar-refractivity contribution in [1.82, 2.24) is 20.2 Å². The Morgan fingerprint density at radius 1 is 1.35 bits per heavy atom. The van der Waals surface area contributed by atoms with Crippen LogP contribution < -0.4 is 5.32 Å². The number of anilines is 1. The monoisotopic (exact) mass is 291 g/mol. The van der Waals surface area contributed by atoms with E-state index in [1.807, 2.05) is 44.2 Å². The number of carbonyl (C=O) groups excluding carboxylic acids is 1. The number of nitrogens with one attached hydrogen (secondary N) is 1. The SMILES string of the molecule is CC(C)n1nnnc1SCCC(=O)Nc1ccccc1. The van der Waals surface area contributed by atoms with Crippen LogP contribution in [0.2, 0.25) is 0 Å². The summed E-state index contributed by atoms with van der Waals surface area (Å²) in [7, 11) is 0. The first kappa shape index (κ1) is 14.5. The molecule has 20 heavy (non-hydrogen) atoms. The van der Waals surface area contributed by atoms with Crippen LogP contribution in [0.3, 0.4) is 0 Å². The van der Waals surface area contributed by atoms with Gasteiger partial charge in [0.1, 0.15) is 0 Å². The summed E-state index contributed by atoms with van der Waals surface area (Å²) in [5, 5.41) is 15.1. The first-order valence-corrected chi connectivity index (χ1v) is 7.41. The molecule has 0 spiro atoms. The highest BCUT2D eigenvalue weighted by Gasteiger charge is 2.10. The normalized spacial score (nSPS) is 10.8. The average molecular weight is 291 g/mol. The number of thioether (sulfide) groups is 1. The van der Waals surface area contributed by atoms with Crippen molar-refractivity contribution in [3.8, 4) is 0 Å². The van der Waals surface area contributed by atoms with E-state index in [-0.39, 0.29) is 11.9 Å². The molecular weight excluding hydrogens is 274 g/mol. The zero-order valence-corrected chi connectivity index (χ0v) is 12.3. The predicted molar refractivity (Wildman–Crippen MR) is 78.6 cm³/mol. The van der Waals surface area contributed by atoms with Gasteiger partial charge in [0.2, 0.25) is 11.1 Å². The van der Waals surface area contributed by atoms with Crippen molar-refractivity contribution in [3.05, 3.63) is 30.3 Å². The Hall–Kier alpha value is -1.89. The van der Waals surface area contributed by atoms with E-state index < -0.39 is 0 Å². The van der Waals surface area contributed by atoms with Crippen molar-refractivity contribution in [2.75, 3.05) is 11.1 Å².